The number of rotatable bonds is 5. The van der Waals surface area contributed by atoms with Gasteiger partial charge in [0.15, 0.2) is 11.5 Å². The van der Waals surface area contributed by atoms with Gasteiger partial charge in [0.1, 0.15) is 18.8 Å². The van der Waals surface area contributed by atoms with Crippen LogP contribution >= 0.6 is 0 Å². The van der Waals surface area contributed by atoms with Crippen molar-refractivity contribution in [1.82, 2.24) is 29.8 Å². The molecular weight excluding hydrogens is 370 g/mol. The number of ether oxygens (including phenoxy) is 1. The number of aromatic amines is 1. The zero-order valence-electron chi connectivity index (χ0n) is 15.8. The number of fused-ring (bicyclic) bond motifs is 1. The van der Waals surface area contributed by atoms with Crippen molar-refractivity contribution in [2.24, 2.45) is 0 Å². The van der Waals surface area contributed by atoms with E-state index in [0.29, 0.717) is 23.9 Å². The summed E-state index contributed by atoms with van der Waals surface area (Å²) in [5.41, 5.74) is 3.46. The van der Waals surface area contributed by atoms with Crippen LogP contribution in [0.25, 0.3) is 28.2 Å². The Morgan fingerprint density at radius 3 is 2.79 bits per heavy atom. The fourth-order valence-electron chi connectivity index (χ4n) is 3.63. The van der Waals surface area contributed by atoms with Crippen LogP contribution in [0.15, 0.2) is 49.1 Å². The van der Waals surface area contributed by atoms with Crippen LogP contribution in [0.5, 0.6) is 0 Å². The highest BCUT2D eigenvalue weighted by atomic mass is 16.6. The van der Waals surface area contributed by atoms with Crippen molar-refractivity contribution in [3.8, 4) is 22.5 Å². The Bertz CT molecular complexity index is 1150. The summed E-state index contributed by atoms with van der Waals surface area (Å²) in [6.07, 6.45) is 6.63. The highest BCUT2D eigenvalue weighted by molar-refractivity contribution is 5.90. The zero-order valence-corrected chi connectivity index (χ0v) is 15.8. The van der Waals surface area contributed by atoms with E-state index in [4.69, 9.17) is 9.72 Å². The first-order valence-corrected chi connectivity index (χ1v) is 9.51. The van der Waals surface area contributed by atoms with Gasteiger partial charge in [-0.1, -0.05) is 37.6 Å². The second-order valence-corrected chi connectivity index (χ2v) is 6.90. The number of nitrogens with zero attached hydrogens (tertiary/aromatic N) is 6. The van der Waals surface area contributed by atoms with Crippen LogP contribution in [0.4, 0.5) is 10.6 Å². The smallest absolute Gasteiger partial charge is 0.415 e. The van der Waals surface area contributed by atoms with E-state index in [1.165, 1.54) is 0 Å². The molecule has 0 radical (unpaired) electrons. The van der Waals surface area contributed by atoms with E-state index in [-0.39, 0.29) is 12.1 Å². The van der Waals surface area contributed by atoms with Gasteiger partial charge in [0.25, 0.3) is 0 Å². The van der Waals surface area contributed by atoms with E-state index in [9.17, 15) is 4.79 Å². The summed E-state index contributed by atoms with van der Waals surface area (Å²) in [6.45, 7) is 2.49. The highest BCUT2D eigenvalue weighted by Gasteiger charge is 2.34. The number of anilines is 1. The molecule has 1 aliphatic heterocycles. The number of carbonyl (C=O) groups excluding carboxylic acids is 1. The SMILES string of the molecule is CCC[C@H]1COC(=O)N1c1ccn2ncc(-c3ccc(-c4nc[nH]n4)cc3)c2n1. The van der Waals surface area contributed by atoms with Crippen molar-refractivity contribution < 1.29 is 9.53 Å². The predicted molar refractivity (Wildman–Crippen MR) is 106 cm³/mol. The third kappa shape index (κ3) is 3.00. The first-order valence-electron chi connectivity index (χ1n) is 9.51. The molecule has 1 fully saturated rings. The molecule has 1 amide bonds. The topological polar surface area (TPSA) is 101 Å². The second-order valence-electron chi connectivity index (χ2n) is 6.90. The van der Waals surface area contributed by atoms with E-state index < -0.39 is 0 Å². The van der Waals surface area contributed by atoms with Crippen LogP contribution in [0.2, 0.25) is 0 Å². The first-order chi connectivity index (χ1) is 14.2. The highest BCUT2D eigenvalue weighted by Crippen LogP contribution is 2.29. The van der Waals surface area contributed by atoms with Gasteiger partial charge in [0.2, 0.25) is 0 Å². The maximum absolute atomic E-state index is 12.3. The monoisotopic (exact) mass is 389 g/mol. The summed E-state index contributed by atoms with van der Waals surface area (Å²) in [6, 6.07) is 9.70. The molecule has 5 rings (SSSR count). The standard InChI is InChI=1S/C20H19N7O2/c1-2-3-15-11-29-20(28)27(15)17-8-9-26-19(24-17)16(10-23-26)13-4-6-14(7-5-13)18-21-12-22-25-18/h4-10,12,15H,2-3,11H2,1H3,(H,21,22,25)/t15-/m0/s1. The number of hydrogen-bond donors (Lipinski definition) is 1. The van der Waals surface area contributed by atoms with E-state index in [0.717, 1.165) is 29.5 Å². The number of cyclic esters (lactones) is 1. The molecule has 0 spiro atoms. The van der Waals surface area contributed by atoms with Gasteiger partial charge < -0.3 is 4.74 Å². The molecule has 3 aromatic heterocycles. The molecule has 9 heteroatoms. The molecule has 1 aliphatic rings. The van der Waals surface area contributed by atoms with E-state index in [1.807, 2.05) is 30.5 Å². The molecule has 0 unspecified atom stereocenters. The van der Waals surface area contributed by atoms with Crippen molar-refractivity contribution in [2.75, 3.05) is 11.5 Å². The summed E-state index contributed by atoms with van der Waals surface area (Å²) in [7, 11) is 0. The third-order valence-corrected chi connectivity index (χ3v) is 5.05. The van der Waals surface area contributed by atoms with Gasteiger partial charge >= 0.3 is 6.09 Å². The average Bonchev–Trinajstić information content (AvgIpc) is 3.48. The largest absolute Gasteiger partial charge is 0.447 e. The molecule has 29 heavy (non-hydrogen) atoms. The molecule has 0 aliphatic carbocycles. The van der Waals surface area contributed by atoms with Crippen molar-refractivity contribution >= 4 is 17.6 Å². The number of nitrogens with one attached hydrogen (secondary N) is 1. The van der Waals surface area contributed by atoms with Gasteiger partial charge in [0, 0.05) is 17.3 Å². The van der Waals surface area contributed by atoms with Crippen molar-refractivity contribution in [3.05, 3.63) is 49.1 Å². The Balaban J connectivity index is 1.52. The molecule has 0 saturated carbocycles. The summed E-state index contributed by atoms with van der Waals surface area (Å²) < 4.78 is 6.96. The minimum absolute atomic E-state index is 0.00876. The number of hydrogen-bond acceptors (Lipinski definition) is 6. The quantitative estimate of drug-likeness (QED) is 0.562. The minimum Gasteiger partial charge on any atom is -0.447 e. The number of H-pyrrole nitrogens is 1. The van der Waals surface area contributed by atoms with Crippen LogP contribution < -0.4 is 4.90 Å². The summed E-state index contributed by atoms with van der Waals surface area (Å²) >= 11 is 0. The van der Waals surface area contributed by atoms with Gasteiger partial charge in [-0.3, -0.25) is 10.00 Å². The Morgan fingerprint density at radius 1 is 1.21 bits per heavy atom. The molecule has 4 aromatic rings. The lowest BCUT2D eigenvalue weighted by Crippen LogP contribution is -2.34. The second kappa shape index (κ2) is 7.01. The fourth-order valence-corrected chi connectivity index (χ4v) is 3.63. The lowest BCUT2D eigenvalue weighted by molar-refractivity contribution is 0.178. The van der Waals surface area contributed by atoms with Crippen molar-refractivity contribution in [2.45, 2.75) is 25.8 Å². The lowest BCUT2D eigenvalue weighted by Gasteiger charge is -2.19. The average molecular weight is 389 g/mol. The summed E-state index contributed by atoms with van der Waals surface area (Å²) in [4.78, 5) is 22.8. The molecule has 1 atom stereocenters. The first kappa shape index (κ1) is 17.4. The number of carbonyl (C=O) groups is 1. The Morgan fingerprint density at radius 2 is 2.03 bits per heavy atom. The summed E-state index contributed by atoms with van der Waals surface area (Å²) in [5, 5.41) is 11.2. The summed E-state index contributed by atoms with van der Waals surface area (Å²) in [5.74, 6) is 1.23. The number of benzene rings is 1. The molecule has 1 saturated heterocycles. The van der Waals surface area contributed by atoms with Crippen LogP contribution in [0.1, 0.15) is 19.8 Å². The molecule has 0 bridgehead atoms. The zero-order chi connectivity index (χ0) is 19.8. The Hall–Kier alpha value is -3.75. The molecule has 4 heterocycles. The third-order valence-electron chi connectivity index (χ3n) is 5.05. The number of aromatic nitrogens is 6. The van der Waals surface area contributed by atoms with Gasteiger partial charge in [-0.2, -0.15) is 10.2 Å². The maximum atomic E-state index is 12.3. The van der Waals surface area contributed by atoms with E-state index in [2.05, 4.69) is 27.2 Å². The molecule has 1 aromatic carbocycles. The van der Waals surface area contributed by atoms with Gasteiger partial charge in [0.05, 0.1) is 12.2 Å². The predicted octanol–water partition coefficient (Wildman–Crippen LogP) is 3.31. The maximum Gasteiger partial charge on any atom is 0.415 e. The van der Waals surface area contributed by atoms with Gasteiger partial charge in [-0.25, -0.2) is 19.3 Å². The van der Waals surface area contributed by atoms with Gasteiger partial charge in [-0.05, 0) is 18.1 Å². The van der Waals surface area contributed by atoms with Crippen molar-refractivity contribution in [3.63, 3.8) is 0 Å². The van der Waals surface area contributed by atoms with E-state index in [1.54, 1.807) is 28.0 Å². The van der Waals surface area contributed by atoms with E-state index >= 15 is 0 Å². The minimum atomic E-state index is -0.350. The van der Waals surface area contributed by atoms with Gasteiger partial charge in [-0.15, -0.1) is 0 Å². The lowest BCUT2D eigenvalue weighted by atomic mass is 10.1. The Labute approximate surface area is 166 Å². The molecular formula is C20H19N7O2. The van der Waals surface area contributed by atoms with Crippen LogP contribution in [-0.4, -0.2) is 48.5 Å². The number of amides is 1. The molecule has 1 N–H and O–H groups in total. The molecule has 146 valence electrons. The van der Waals surface area contributed by atoms with Crippen LogP contribution in [-0.2, 0) is 4.74 Å². The molecule has 9 nitrogen and oxygen atoms in total. The van der Waals surface area contributed by atoms with Crippen LogP contribution in [0, 0.1) is 0 Å². The van der Waals surface area contributed by atoms with Crippen molar-refractivity contribution in [1.29, 1.82) is 0 Å². The Kier molecular flexibility index (Phi) is 4.19. The fraction of sp³-hybridized carbons (Fsp3) is 0.250. The normalized spacial score (nSPS) is 16.5. The van der Waals surface area contributed by atoms with Crippen LogP contribution in [0.3, 0.4) is 0 Å².